The predicted molar refractivity (Wildman–Crippen MR) is 58.6 cm³/mol. The van der Waals surface area contributed by atoms with Crippen molar-refractivity contribution < 1.29 is 9.90 Å². The third kappa shape index (κ3) is 3.31. The highest BCUT2D eigenvalue weighted by atomic mass is 127. The largest absolute Gasteiger partial charge is 0.395 e. The molecule has 0 fully saturated rings. The maximum Gasteiger partial charge on any atom is 0.251 e. The molecule has 0 aromatic heterocycles. The third-order valence-electron chi connectivity index (χ3n) is 1.48. The van der Waals surface area contributed by atoms with Crippen LogP contribution in [0.4, 0.5) is 0 Å². The summed E-state index contributed by atoms with van der Waals surface area (Å²) < 4.78 is 1.02. The minimum atomic E-state index is -0.146. The van der Waals surface area contributed by atoms with Crippen LogP contribution in [0.15, 0.2) is 24.3 Å². The molecule has 0 bridgehead atoms. The van der Waals surface area contributed by atoms with Crippen molar-refractivity contribution in [2.45, 2.75) is 0 Å². The Kier molecular flexibility index (Phi) is 4.17. The van der Waals surface area contributed by atoms with Gasteiger partial charge in [-0.3, -0.25) is 4.79 Å². The number of hydrogen-bond donors (Lipinski definition) is 2. The molecule has 4 heteroatoms. The van der Waals surface area contributed by atoms with E-state index in [0.717, 1.165) is 3.57 Å². The van der Waals surface area contributed by atoms with Gasteiger partial charge in [-0.1, -0.05) is 6.07 Å². The van der Waals surface area contributed by atoms with Crippen LogP contribution in [-0.4, -0.2) is 24.2 Å². The van der Waals surface area contributed by atoms with E-state index in [2.05, 4.69) is 27.9 Å². The lowest BCUT2D eigenvalue weighted by Crippen LogP contribution is -2.26. The van der Waals surface area contributed by atoms with Crippen LogP contribution < -0.4 is 5.32 Å². The number of hydrogen-bond acceptors (Lipinski definition) is 2. The highest BCUT2D eigenvalue weighted by molar-refractivity contribution is 14.1. The highest BCUT2D eigenvalue weighted by Gasteiger charge is 2.03. The zero-order chi connectivity index (χ0) is 9.68. The Balaban J connectivity index is 2.66. The molecule has 0 atom stereocenters. The van der Waals surface area contributed by atoms with Crippen LogP contribution in [0.1, 0.15) is 10.4 Å². The van der Waals surface area contributed by atoms with Gasteiger partial charge in [0.2, 0.25) is 0 Å². The van der Waals surface area contributed by atoms with E-state index in [1.807, 2.05) is 12.1 Å². The SMILES string of the molecule is O=C(NCCO)c1cccc(I)c1. The molecule has 0 aliphatic rings. The molecule has 1 rings (SSSR count). The van der Waals surface area contributed by atoms with Gasteiger partial charge in [-0.2, -0.15) is 0 Å². The first-order valence-electron chi connectivity index (χ1n) is 3.88. The van der Waals surface area contributed by atoms with Gasteiger partial charge in [0.15, 0.2) is 0 Å². The molecule has 1 amide bonds. The molecule has 0 heterocycles. The monoisotopic (exact) mass is 291 g/mol. The van der Waals surface area contributed by atoms with E-state index in [9.17, 15) is 4.79 Å². The van der Waals surface area contributed by atoms with E-state index in [-0.39, 0.29) is 12.5 Å². The fourth-order valence-electron chi connectivity index (χ4n) is 0.901. The summed E-state index contributed by atoms with van der Waals surface area (Å²) in [7, 11) is 0. The summed E-state index contributed by atoms with van der Waals surface area (Å²) in [5.74, 6) is -0.146. The fraction of sp³-hybridized carbons (Fsp3) is 0.222. The van der Waals surface area contributed by atoms with Gasteiger partial charge in [-0.05, 0) is 40.8 Å². The summed E-state index contributed by atoms with van der Waals surface area (Å²) in [6.07, 6.45) is 0. The molecule has 0 spiro atoms. The first-order valence-corrected chi connectivity index (χ1v) is 4.96. The van der Waals surface area contributed by atoms with E-state index in [1.54, 1.807) is 12.1 Å². The standard InChI is InChI=1S/C9H10INO2/c10-8-3-1-2-7(6-8)9(13)11-4-5-12/h1-3,6,12H,4-5H2,(H,11,13). The fourth-order valence-corrected chi connectivity index (χ4v) is 1.44. The molecule has 0 aliphatic heterocycles. The molecule has 1 aromatic rings. The van der Waals surface area contributed by atoms with Crippen LogP contribution in [-0.2, 0) is 0 Å². The Morgan fingerprint density at radius 3 is 2.92 bits per heavy atom. The van der Waals surface area contributed by atoms with Crippen LogP contribution in [0.25, 0.3) is 0 Å². The molecule has 70 valence electrons. The number of benzene rings is 1. The van der Waals surface area contributed by atoms with Crippen LogP contribution in [0, 0.1) is 3.57 Å². The average Bonchev–Trinajstić information content (AvgIpc) is 2.14. The van der Waals surface area contributed by atoms with Crippen molar-refractivity contribution in [3.05, 3.63) is 33.4 Å². The number of carbonyl (C=O) groups excluding carboxylic acids is 1. The first kappa shape index (κ1) is 10.5. The normalized spacial score (nSPS) is 9.69. The first-order chi connectivity index (χ1) is 6.24. The number of carbonyl (C=O) groups is 1. The molecular formula is C9H10INO2. The van der Waals surface area contributed by atoms with Gasteiger partial charge in [0.25, 0.3) is 5.91 Å². The molecule has 3 nitrogen and oxygen atoms in total. The van der Waals surface area contributed by atoms with Gasteiger partial charge in [-0.15, -0.1) is 0 Å². The summed E-state index contributed by atoms with van der Waals surface area (Å²) >= 11 is 2.15. The van der Waals surface area contributed by atoms with Crippen molar-refractivity contribution in [3.8, 4) is 0 Å². The Morgan fingerprint density at radius 2 is 2.31 bits per heavy atom. The van der Waals surface area contributed by atoms with Crippen molar-refractivity contribution in [2.24, 2.45) is 0 Å². The topological polar surface area (TPSA) is 49.3 Å². The zero-order valence-corrected chi connectivity index (χ0v) is 9.11. The molecule has 13 heavy (non-hydrogen) atoms. The van der Waals surface area contributed by atoms with Crippen LogP contribution in [0.5, 0.6) is 0 Å². The lowest BCUT2D eigenvalue weighted by atomic mass is 10.2. The minimum Gasteiger partial charge on any atom is -0.395 e. The van der Waals surface area contributed by atoms with Crippen LogP contribution in [0.2, 0.25) is 0 Å². The summed E-state index contributed by atoms with van der Waals surface area (Å²) in [4.78, 5) is 11.3. The van der Waals surface area contributed by atoms with Gasteiger partial charge in [-0.25, -0.2) is 0 Å². The summed E-state index contributed by atoms with van der Waals surface area (Å²) in [6.45, 7) is 0.264. The van der Waals surface area contributed by atoms with Gasteiger partial charge >= 0.3 is 0 Å². The highest BCUT2D eigenvalue weighted by Crippen LogP contribution is 2.07. The van der Waals surface area contributed by atoms with Crippen LogP contribution >= 0.6 is 22.6 Å². The van der Waals surface area contributed by atoms with Crippen molar-refractivity contribution >= 4 is 28.5 Å². The van der Waals surface area contributed by atoms with Crippen molar-refractivity contribution in [1.29, 1.82) is 0 Å². The summed E-state index contributed by atoms with van der Waals surface area (Å²) in [6, 6.07) is 7.29. The second-order valence-corrected chi connectivity index (χ2v) is 3.74. The van der Waals surface area contributed by atoms with E-state index in [1.165, 1.54) is 0 Å². The molecule has 0 saturated heterocycles. The van der Waals surface area contributed by atoms with E-state index < -0.39 is 0 Å². The Bertz CT molecular complexity index is 301. The van der Waals surface area contributed by atoms with E-state index in [0.29, 0.717) is 12.1 Å². The zero-order valence-electron chi connectivity index (χ0n) is 6.96. The number of aliphatic hydroxyl groups excluding tert-OH is 1. The van der Waals surface area contributed by atoms with Crippen LogP contribution in [0.3, 0.4) is 0 Å². The minimum absolute atomic E-state index is 0.0321. The van der Waals surface area contributed by atoms with E-state index >= 15 is 0 Å². The van der Waals surface area contributed by atoms with Crippen molar-refractivity contribution in [3.63, 3.8) is 0 Å². The Hall–Kier alpha value is -0.620. The second-order valence-electron chi connectivity index (χ2n) is 2.49. The molecular weight excluding hydrogens is 281 g/mol. The molecule has 0 saturated carbocycles. The van der Waals surface area contributed by atoms with Gasteiger partial charge < -0.3 is 10.4 Å². The smallest absolute Gasteiger partial charge is 0.251 e. The maximum absolute atomic E-state index is 11.3. The lowest BCUT2D eigenvalue weighted by Gasteiger charge is -2.02. The predicted octanol–water partition coefficient (Wildman–Crippen LogP) is 1.01. The average molecular weight is 291 g/mol. The third-order valence-corrected chi connectivity index (χ3v) is 2.16. The molecule has 1 aromatic carbocycles. The number of rotatable bonds is 3. The van der Waals surface area contributed by atoms with Crippen molar-refractivity contribution in [1.82, 2.24) is 5.32 Å². The van der Waals surface area contributed by atoms with Gasteiger partial charge in [0.05, 0.1) is 6.61 Å². The summed E-state index contributed by atoms with van der Waals surface area (Å²) in [5, 5.41) is 11.1. The van der Waals surface area contributed by atoms with Gasteiger partial charge in [0.1, 0.15) is 0 Å². The maximum atomic E-state index is 11.3. The molecule has 0 aliphatic carbocycles. The quantitative estimate of drug-likeness (QED) is 0.817. The molecule has 2 N–H and O–H groups in total. The number of nitrogens with one attached hydrogen (secondary N) is 1. The lowest BCUT2D eigenvalue weighted by molar-refractivity contribution is 0.0944. The number of aliphatic hydroxyl groups is 1. The molecule has 0 unspecified atom stereocenters. The summed E-state index contributed by atoms with van der Waals surface area (Å²) in [5.41, 5.74) is 0.625. The van der Waals surface area contributed by atoms with Gasteiger partial charge in [0, 0.05) is 15.7 Å². The Labute approximate surface area is 90.3 Å². The number of amides is 1. The van der Waals surface area contributed by atoms with E-state index in [4.69, 9.17) is 5.11 Å². The molecule has 0 radical (unpaired) electrons. The number of halogens is 1. The second kappa shape index (κ2) is 5.18. The Morgan fingerprint density at radius 1 is 1.54 bits per heavy atom. The van der Waals surface area contributed by atoms with Crippen molar-refractivity contribution in [2.75, 3.05) is 13.2 Å².